The first-order valence-corrected chi connectivity index (χ1v) is 4.53. The molecule has 0 spiro atoms. The molecule has 0 aromatic heterocycles. The van der Waals surface area contributed by atoms with E-state index in [1.54, 1.807) is 0 Å². The van der Waals surface area contributed by atoms with E-state index in [1.807, 2.05) is 0 Å². The topological polar surface area (TPSA) is 52.0 Å². The van der Waals surface area contributed by atoms with Crippen molar-refractivity contribution >= 4 is 0 Å². The van der Waals surface area contributed by atoms with E-state index in [9.17, 15) is 0 Å². The molecule has 74 valence electrons. The molecule has 0 unspecified atom stereocenters. The van der Waals surface area contributed by atoms with Gasteiger partial charge in [0.1, 0.15) is 0 Å². The molecular formula is C10H24N2. The van der Waals surface area contributed by atoms with Crippen molar-refractivity contribution in [1.82, 2.24) is 0 Å². The Kier molecular flexibility index (Phi) is 2.98. The molecule has 2 heteroatoms. The monoisotopic (exact) mass is 172 g/mol. The fourth-order valence-corrected chi connectivity index (χ4v) is 1.14. The first-order chi connectivity index (χ1) is 4.96. The molecule has 0 bridgehead atoms. The summed E-state index contributed by atoms with van der Waals surface area (Å²) < 4.78 is 0. The van der Waals surface area contributed by atoms with E-state index in [0.717, 1.165) is 6.42 Å². The molecule has 0 aliphatic rings. The van der Waals surface area contributed by atoms with Gasteiger partial charge >= 0.3 is 0 Å². The van der Waals surface area contributed by atoms with Gasteiger partial charge in [-0.15, -0.1) is 0 Å². The summed E-state index contributed by atoms with van der Waals surface area (Å²) in [6.45, 7) is 12.7. The zero-order chi connectivity index (χ0) is 10.2. The molecule has 0 aliphatic carbocycles. The Morgan fingerprint density at radius 1 is 0.833 bits per heavy atom. The van der Waals surface area contributed by atoms with Crippen LogP contribution in [0.4, 0.5) is 0 Å². The molecule has 0 saturated heterocycles. The minimum atomic E-state index is -0.578. The number of rotatable bonds is 1. The summed E-state index contributed by atoms with van der Waals surface area (Å²) in [5, 5.41) is 0. The highest BCUT2D eigenvalue weighted by Gasteiger charge is 2.37. The van der Waals surface area contributed by atoms with Gasteiger partial charge in [0, 0.05) is 0 Å². The van der Waals surface area contributed by atoms with E-state index < -0.39 is 5.66 Å². The molecule has 0 fully saturated rings. The lowest BCUT2D eigenvalue weighted by Crippen LogP contribution is -2.60. The average molecular weight is 172 g/mol. The van der Waals surface area contributed by atoms with Crippen LogP contribution >= 0.6 is 0 Å². The third-order valence-corrected chi connectivity index (χ3v) is 2.22. The van der Waals surface area contributed by atoms with Crippen LogP contribution in [-0.2, 0) is 0 Å². The van der Waals surface area contributed by atoms with Crippen LogP contribution in [-0.4, -0.2) is 5.66 Å². The Balaban J connectivity index is 4.44. The maximum atomic E-state index is 6.06. The second kappa shape index (κ2) is 3.00. The van der Waals surface area contributed by atoms with Gasteiger partial charge in [0.15, 0.2) is 0 Å². The zero-order valence-electron chi connectivity index (χ0n) is 9.36. The van der Waals surface area contributed by atoms with Crippen LogP contribution in [0.15, 0.2) is 0 Å². The molecule has 0 saturated carbocycles. The van der Waals surface area contributed by atoms with Gasteiger partial charge < -0.3 is 11.5 Å². The summed E-state index contributed by atoms with van der Waals surface area (Å²) in [6.07, 6.45) is 0.837. The van der Waals surface area contributed by atoms with Gasteiger partial charge in [-0.1, -0.05) is 41.5 Å². The minimum absolute atomic E-state index is 0.0414. The fourth-order valence-electron chi connectivity index (χ4n) is 1.14. The van der Waals surface area contributed by atoms with E-state index in [0.29, 0.717) is 0 Å². The van der Waals surface area contributed by atoms with Crippen molar-refractivity contribution in [2.45, 2.75) is 53.6 Å². The molecule has 12 heavy (non-hydrogen) atoms. The van der Waals surface area contributed by atoms with Crippen LogP contribution in [0.3, 0.4) is 0 Å². The Hall–Kier alpha value is -0.0800. The molecule has 4 N–H and O–H groups in total. The van der Waals surface area contributed by atoms with Gasteiger partial charge in [-0.2, -0.15) is 0 Å². The zero-order valence-corrected chi connectivity index (χ0v) is 9.36. The smallest absolute Gasteiger partial charge is 0.0691 e. The molecule has 0 rings (SSSR count). The predicted molar refractivity (Wildman–Crippen MR) is 54.6 cm³/mol. The molecular weight excluding hydrogens is 148 g/mol. The standard InChI is InChI=1S/C10H24N2/c1-8(2,3)7-10(11,12)9(4,5)6/h7,11-12H2,1-6H3. The number of hydrogen-bond acceptors (Lipinski definition) is 2. The highest BCUT2D eigenvalue weighted by molar-refractivity contribution is 4.92. The Labute approximate surface area is 76.7 Å². The Morgan fingerprint density at radius 2 is 1.17 bits per heavy atom. The predicted octanol–water partition coefficient (Wildman–Crippen LogP) is 2.08. The summed E-state index contributed by atoms with van der Waals surface area (Å²) >= 11 is 0. The maximum absolute atomic E-state index is 6.06. The van der Waals surface area contributed by atoms with Gasteiger partial charge in [-0.05, 0) is 17.3 Å². The Bertz CT molecular complexity index is 146. The van der Waals surface area contributed by atoms with E-state index in [4.69, 9.17) is 11.5 Å². The second-order valence-electron chi connectivity index (χ2n) is 6.03. The van der Waals surface area contributed by atoms with Crippen LogP contribution in [0.25, 0.3) is 0 Å². The first-order valence-electron chi connectivity index (χ1n) is 4.53. The average Bonchev–Trinajstić information content (AvgIpc) is 1.52. The lowest BCUT2D eigenvalue weighted by molar-refractivity contribution is 0.129. The van der Waals surface area contributed by atoms with E-state index in [-0.39, 0.29) is 10.8 Å². The van der Waals surface area contributed by atoms with Crippen molar-refractivity contribution < 1.29 is 0 Å². The SMILES string of the molecule is CC(C)(C)CC(N)(N)C(C)(C)C. The van der Waals surface area contributed by atoms with Crippen molar-refractivity contribution in [2.24, 2.45) is 22.3 Å². The van der Waals surface area contributed by atoms with Gasteiger partial charge in [0.05, 0.1) is 5.66 Å². The lowest BCUT2D eigenvalue weighted by Gasteiger charge is -2.42. The van der Waals surface area contributed by atoms with E-state index in [1.165, 1.54) is 0 Å². The van der Waals surface area contributed by atoms with E-state index in [2.05, 4.69) is 41.5 Å². The van der Waals surface area contributed by atoms with Crippen molar-refractivity contribution in [2.75, 3.05) is 0 Å². The van der Waals surface area contributed by atoms with Gasteiger partial charge in [0.2, 0.25) is 0 Å². The normalized spacial score (nSPS) is 15.0. The summed E-state index contributed by atoms with van der Waals surface area (Å²) in [6, 6.07) is 0. The van der Waals surface area contributed by atoms with E-state index >= 15 is 0 Å². The van der Waals surface area contributed by atoms with Crippen LogP contribution in [0, 0.1) is 10.8 Å². The second-order valence-corrected chi connectivity index (χ2v) is 6.03. The lowest BCUT2D eigenvalue weighted by atomic mass is 9.73. The first kappa shape index (κ1) is 11.9. The van der Waals surface area contributed by atoms with Gasteiger partial charge in [0.25, 0.3) is 0 Å². The molecule has 0 radical (unpaired) electrons. The van der Waals surface area contributed by atoms with Crippen molar-refractivity contribution in [1.29, 1.82) is 0 Å². The summed E-state index contributed by atoms with van der Waals surface area (Å²) in [5.74, 6) is 0. The van der Waals surface area contributed by atoms with Gasteiger partial charge in [-0.25, -0.2) is 0 Å². The third-order valence-electron chi connectivity index (χ3n) is 2.22. The number of hydrogen-bond donors (Lipinski definition) is 2. The summed E-state index contributed by atoms with van der Waals surface area (Å²) in [7, 11) is 0. The van der Waals surface area contributed by atoms with Crippen molar-refractivity contribution in [3.05, 3.63) is 0 Å². The van der Waals surface area contributed by atoms with Crippen molar-refractivity contribution in [3.63, 3.8) is 0 Å². The fraction of sp³-hybridized carbons (Fsp3) is 1.00. The highest BCUT2D eigenvalue weighted by atomic mass is 15.0. The molecule has 2 nitrogen and oxygen atoms in total. The molecule has 0 aliphatic heterocycles. The van der Waals surface area contributed by atoms with Crippen LogP contribution in [0.2, 0.25) is 0 Å². The molecule has 0 heterocycles. The van der Waals surface area contributed by atoms with Gasteiger partial charge in [-0.3, -0.25) is 0 Å². The maximum Gasteiger partial charge on any atom is 0.0691 e. The molecule has 0 amide bonds. The van der Waals surface area contributed by atoms with Crippen LogP contribution in [0.5, 0.6) is 0 Å². The largest absolute Gasteiger partial charge is 0.313 e. The third kappa shape index (κ3) is 3.55. The van der Waals surface area contributed by atoms with Crippen LogP contribution < -0.4 is 11.5 Å². The minimum Gasteiger partial charge on any atom is -0.313 e. The molecule has 0 atom stereocenters. The quantitative estimate of drug-likeness (QED) is 0.595. The molecule has 0 aromatic carbocycles. The summed E-state index contributed by atoms with van der Waals surface area (Å²) in [5.41, 5.74) is 11.7. The van der Waals surface area contributed by atoms with Crippen molar-refractivity contribution in [3.8, 4) is 0 Å². The molecule has 0 aromatic rings. The summed E-state index contributed by atoms with van der Waals surface area (Å²) in [4.78, 5) is 0. The highest BCUT2D eigenvalue weighted by Crippen LogP contribution is 2.33. The number of nitrogens with two attached hydrogens (primary N) is 2. The van der Waals surface area contributed by atoms with Crippen LogP contribution in [0.1, 0.15) is 48.0 Å². The Morgan fingerprint density at radius 3 is 1.25 bits per heavy atom.